The third-order valence-electron chi connectivity index (χ3n) is 4.85. The fourth-order valence-corrected chi connectivity index (χ4v) is 6.69. The van der Waals surface area contributed by atoms with Crippen molar-refractivity contribution in [1.29, 1.82) is 0 Å². The van der Waals surface area contributed by atoms with Crippen molar-refractivity contribution in [2.45, 2.75) is 64.9 Å². The number of nitrogens with one attached hydrogen (secondary N) is 1. The second kappa shape index (κ2) is 9.58. The number of methoxy groups -OCH3 is 1. The molecule has 2 atom stereocenters. The molecular weight excluding hydrogens is 514 g/mol. The van der Waals surface area contributed by atoms with Gasteiger partial charge in [-0.15, -0.1) is 0 Å². The number of amides is 1. The van der Waals surface area contributed by atoms with E-state index in [2.05, 4.69) is 21.2 Å². The Morgan fingerprint density at radius 2 is 1.76 bits per heavy atom. The van der Waals surface area contributed by atoms with E-state index in [1.54, 1.807) is 59.7 Å². The summed E-state index contributed by atoms with van der Waals surface area (Å²) in [4.78, 5) is 36.8. The number of halogens is 1. The molecule has 0 aliphatic carbocycles. The van der Waals surface area contributed by atoms with Crippen LogP contribution >= 0.6 is 15.9 Å². The van der Waals surface area contributed by atoms with Crippen molar-refractivity contribution in [2.75, 3.05) is 7.11 Å². The molecule has 2 rings (SSSR count). The van der Waals surface area contributed by atoms with Gasteiger partial charge in [-0.2, -0.15) is 0 Å². The first kappa shape index (κ1) is 27.0. The zero-order valence-electron chi connectivity index (χ0n) is 19.8. The minimum absolute atomic E-state index is 0.0396. The normalized spacial score (nSPS) is 19.0. The molecule has 182 valence electrons. The number of ketones is 1. The van der Waals surface area contributed by atoms with E-state index < -0.39 is 50.0 Å². The molecular formula is C23H30BrNO7S. The Labute approximate surface area is 203 Å². The monoisotopic (exact) mass is 543 g/mol. The summed E-state index contributed by atoms with van der Waals surface area (Å²) in [7, 11) is -2.65. The van der Waals surface area contributed by atoms with Crippen LogP contribution in [-0.4, -0.2) is 50.3 Å². The van der Waals surface area contributed by atoms with Gasteiger partial charge in [0.2, 0.25) is 0 Å². The molecule has 1 amide bonds. The van der Waals surface area contributed by atoms with Crippen molar-refractivity contribution in [1.82, 2.24) is 5.32 Å². The predicted octanol–water partition coefficient (Wildman–Crippen LogP) is 3.81. The highest BCUT2D eigenvalue weighted by molar-refractivity contribution is 9.10. The topological polar surface area (TPSA) is 116 Å². The van der Waals surface area contributed by atoms with Crippen LogP contribution in [-0.2, 0) is 35.3 Å². The molecule has 0 saturated heterocycles. The van der Waals surface area contributed by atoms with Gasteiger partial charge in [-0.25, -0.2) is 18.0 Å². The van der Waals surface area contributed by atoms with Crippen LogP contribution in [0, 0.1) is 5.41 Å². The van der Waals surface area contributed by atoms with Gasteiger partial charge >= 0.3 is 12.1 Å². The zero-order chi connectivity index (χ0) is 25.4. The lowest BCUT2D eigenvalue weighted by atomic mass is 9.89. The van der Waals surface area contributed by atoms with Crippen LogP contribution in [0.1, 0.15) is 52.7 Å². The molecule has 0 radical (unpaired) electrons. The summed E-state index contributed by atoms with van der Waals surface area (Å²) in [5, 5.41) is 1.36. The molecule has 0 bridgehead atoms. The predicted molar refractivity (Wildman–Crippen MR) is 128 cm³/mol. The average molecular weight is 544 g/mol. The first-order valence-corrected chi connectivity index (χ1v) is 12.7. The summed E-state index contributed by atoms with van der Waals surface area (Å²) in [6, 6.07) is 3.85. The maximum atomic E-state index is 13.1. The number of hydrogen-bond donors (Lipinski definition) is 1. The van der Waals surface area contributed by atoms with Crippen LogP contribution in [0.25, 0.3) is 4.91 Å². The summed E-state index contributed by atoms with van der Waals surface area (Å²) in [6.45, 7) is 10.3. The van der Waals surface area contributed by atoms with E-state index in [0.717, 1.165) is 0 Å². The molecule has 1 aliphatic heterocycles. The van der Waals surface area contributed by atoms with Gasteiger partial charge in [-0.1, -0.05) is 48.8 Å². The molecule has 0 fully saturated rings. The molecule has 1 N–H and O–H groups in total. The van der Waals surface area contributed by atoms with Crippen molar-refractivity contribution in [3.05, 3.63) is 39.9 Å². The van der Waals surface area contributed by atoms with Gasteiger partial charge in [-0.05, 0) is 37.8 Å². The second-order valence-corrected chi connectivity index (χ2v) is 12.8. The summed E-state index contributed by atoms with van der Waals surface area (Å²) in [5.41, 5.74) is -0.500. The minimum Gasteiger partial charge on any atom is -0.467 e. The van der Waals surface area contributed by atoms with Gasteiger partial charge < -0.3 is 14.8 Å². The second-order valence-electron chi connectivity index (χ2n) is 9.94. The number of benzene rings is 1. The number of sulfone groups is 1. The molecule has 1 aromatic rings. The van der Waals surface area contributed by atoms with E-state index in [-0.39, 0.29) is 11.3 Å². The lowest BCUT2D eigenvalue weighted by Gasteiger charge is -2.25. The molecule has 1 unspecified atom stereocenters. The van der Waals surface area contributed by atoms with Gasteiger partial charge in [0.05, 0.1) is 12.0 Å². The smallest absolute Gasteiger partial charge is 0.408 e. The number of esters is 1. The van der Waals surface area contributed by atoms with Crippen molar-refractivity contribution < 1.29 is 32.3 Å². The number of carbonyl (C=O) groups is 3. The first-order chi connectivity index (χ1) is 15.0. The van der Waals surface area contributed by atoms with E-state index in [4.69, 9.17) is 9.47 Å². The number of alkyl carbamates (subject to hydrolysis) is 1. The highest BCUT2D eigenvalue weighted by Crippen LogP contribution is 2.41. The van der Waals surface area contributed by atoms with E-state index in [1.165, 1.54) is 13.2 Å². The number of ether oxygens (including phenoxy) is 2. The number of hydrogen-bond acceptors (Lipinski definition) is 7. The van der Waals surface area contributed by atoms with E-state index >= 15 is 0 Å². The molecule has 0 spiro atoms. The minimum atomic E-state index is -3.86. The number of rotatable bonds is 5. The lowest BCUT2D eigenvalue weighted by molar-refractivity contribution is -0.143. The standard InChI is InChI=1S/C23H30BrNO7S/c1-22(2,3)19-17(26)12-18(33(19,29)30)14-9-8-13(10-15(14)24)11-16(20(27)31-7)25-21(28)32-23(4,5)6/h8-10,12,16,19H,11H2,1-7H3,(H,25,28)/t16-,19?/m0/s1. The van der Waals surface area contributed by atoms with Gasteiger partial charge in [-0.3, -0.25) is 4.79 Å². The first-order valence-electron chi connectivity index (χ1n) is 10.3. The van der Waals surface area contributed by atoms with E-state index in [0.29, 0.717) is 15.6 Å². The fraction of sp³-hybridized carbons (Fsp3) is 0.522. The quantitative estimate of drug-likeness (QED) is 0.561. The van der Waals surface area contributed by atoms with Gasteiger partial charge in [0.1, 0.15) is 16.9 Å². The van der Waals surface area contributed by atoms with Crippen LogP contribution in [0.3, 0.4) is 0 Å². The van der Waals surface area contributed by atoms with Crippen LogP contribution in [0.4, 0.5) is 4.79 Å². The molecule has 33 heavy (non-hydrogen) atoms. The van der Waals surface area contributed by atoms with E-state index in [1.807, 2.05) is 0 Å². The molecule has 8 nitrogen and oxygen atoms in total. The van der Waals surface area contributed by atoms with Crippen molar-refractivity contribution in [3.63, 3.8) is 0 Å². The third-order valence-corrected chi connectivity index (χ3v) is 8.02. The Kier molecular flexibility index (Phi) is 7.85. The van der Waals surface area contributed by atoms with Crippen LogP contribution < -0.4 is 5.32 Å². The maximum Gasteiger partial charge on any atom is 0.408 e. The molecule has 1 heterocycles. The Balaban J connectivity index is 2.31. The van der Waals surface area contributed by atoms with Crippen LogP contribution in [0.15, 0.2) is 28.7 Å². The summed E-state index contributed by atoms with van der Waals surface area (Å²) in [6.07, 6.45) is 0.495. The molecule has 0 saturated carbocycles. The van der Waals surface area contributed by atoms with Crippen LogP contribution in [0.2, 0.25) is 0 Å². The zero-order valence-corrected chi connectivity index (χ0v) is 22.2. The van der Waals surface area contributed by atoms with E-state index in [9.17, 15) is 22.8 Å². The Morgan fingerprint density at radius 1 is 1.15 bits per heavy atom. The summed E-state index contributed by atoms with van der Waals surface area (Å²) < 4.78 is 36.6. The number of carbonyl (C=O) groups excluding carboxylic acids is 3. The van der Waals surface area contributed by atoms with Crippen molar-refractivity contribution >= 4 is 48.5 Å². The Bertz CT molecular complexity index is 1090. The van der Waals surface area contributed by atoms with Crippen molar-refractivity contribution in [2.24, 2.45) is 5.41 Å². The van der Waals surface area contributed by atoms with Gasteiger partial charge in [0.25, 0.3) is 0 Å². The summed E-state index contributed by atoms with van der Waals surface area (Å²) in [5.74, 6) is -1.10. The molecule has 1 aliphatic rings. The largest absolute Gasteiger partial charge is 0.467 e. The molecule has 1 aromatic carbocycles. The molecule has 10 heteroatoms. The average Bonchev–Trinajstić information content (AvgIpc) is 2.87. The highest BCUT2D eigenvalue weighted by Gasteiger charge is 2.48. The van der Waals surface area contributed by atoms with Crippen molar-refractivity contribution in [3.8, 4) is 0 Å². The highest BCUT2D eigenvalue weighted by atomic mass is 79.9. The van der Waals surface area contributed by atoms with Crippen LogP contribution in [0.5, 0.6) is 0 Å². The summed E-state index contributed by atoms with van der Waals surface area (Å²) >= 11 is 3.39. The van der Waals surface area contributed by atoms with Gasteiger partial charge in [0.15, 0.2) is 15.6 Å². The Hall–Kier alpha value is -2.20. The number of allylic oxidation sites excluding steroid dienone is 1. The molecule has 0 aromatic heterocycles. The Morgan fingerprint density at radius 3 is 2.21 bits per heavy atom. The fourth-order valence-electron chi connectivity index (χ4n) is 3.60. The third kappa shape index (κ3) is 6.44. The maximum absolute atomic E-state index is 13.1. The SMILES string of the molecule is COC(=O)[C@H](Cc1ccc(C2=CC(=O)C(C(C)(C)C)S2(=O)=O)c(Br)c1)NC(=O)OC(C)(C)C. The van der Waals surface area contributed by atoms with Gasteiger partial charge in [0, 0.05) is 22.5 Å². The lowest BCUT2D eigenvalue weighted by Crippen LogP contribution is -2.45.